The summed E-state index contributed by atoms with van der Waals surface area (Å²) in [6.45, 7) is 0. The Balaban J connectivity index is 2.00. The van der Waals surface area contributed by atoms with E-state index in [9.17, 15) is 9.50 Å². The number of hydrogen-bond donors (Lipinski definition) is 1. The molecule has 0 radical (unpaired) electrons. The molecular formula is C14H12BrFOS. The van der Waals surface area contributed by atoms with Gasteiger partial charge in [0.1, 0.15) is 5.82 Å². The van der Waals surface area contributed by atoms with Gasteiger partial charge in [0, 0.05) is 20.7 Å². The number of halogens is 2. The fourth-order valence-corrected chi connectivity index (χ4v) is 3.03. The molecule has 0 aliphatic heterocycles. The van der Waals surface area contributed by atoms with Crippen LogP contribution >= 0.6 is 27.7 Å². The first kappa shape index (κ1) is 13.6. The van der Waals surface area contributed by atoms with Gasteiger partial charge in [-0.15, -0.1) is 11.8 Å². The van der Waals surface area contributed by atoms with Gasteiger partial charge in [-0.1, -0.05) is 40.2 Å². The second-order valence-corrected chi connectivity index (χ2v) is 5.81. The summed E-state index contributed by atoms with van der Waals surface area (Å²) in [5, 5.41) is 9.96. The molecule has 1 unspecified atom stereocenters. The Morgan fingerprint density at radius 1 is 1.17 bits per heavy atom. The zero-order chi connectivity index (χ0) is 13.0. The molecule has 0 fully saturated rings. The summed E-state index contributed by atoms with van der Waals surface area (Å²) in [5.41, 5.74) is 0.347. The van der Waals surface area contributed by atoms with Crippen LogP contribution in [0.15, 0.2) is 57.9 Å². The third-order valence-corrected chi connectivity index (χ3v) is 4.03. The lowest BCUT2D eigenvalue weighted by atomic mass is 10.1. The van der Waals surface area contributed by atoms with Gasteiger partial charge in [-0.3, -0.25) is 0 Å². The van der Waals surface area contributed by atoms with Crippen LogP contribution in [0.4, 0.5) is 4.39 Å². The highest BCUT2D eigenvalue weighted by Gasteiger charge is 2.12. The first-order valence-corrected chi connectivity index (χ1v) is 7.25. The van der Waals surface area contributed by atoms with Crippen LogP contribution < -0.4 is 0 Å². The van der Waals surface area contributed by atoms with Gasteiger partial charge in [-0.25, -0.2) is 4.39 Å². The predicted octanol–water partition coefficient (Wildman–Crippen LogP) is 4.41. The smallest absolute Gasteiger partial charge is 0.129 e. The topological polar surface area (TPSA) is 20.2 Å². The molecule has 0 aliphatic rings. The lowest BCUT2D eigenvalue weighted by molar-refractivity contribution is 0.199. The average molecular weight is 327 g/mol. The standard InChI is InChI=1S/C14H12BrFOS/c15-10-4-3-5-11(8-10)18-9-14(17)12-6-1-2-7-13(12)16/h1-8,14,17H,9H2. The van der Waals surface area contributed by atoms with Crippen molar-refractivity contribution >= 4 is 27.7 Å². The molecule has 0 spiro atoms. The Kier molecular flexibility index (Phi) is 4.80. The molecule has 0 heterocycles. The van der Waals surface area contributed by atoms with Crippen molar-refractivity contribution in [3.63, 3.8) is 0 Å². The Bertz CT molecular complexity index is 533. The highest BCUT2D eigenvalue weighted by molar-refractivity contribution is 9.10. The van der Waals surface area contributed by atoms with Crippen LogP contribution in [-0.2, 0) is 0 Å². The van der Waals surface area contributed by atoms with Crippen LogP contribution in [0.25, 0.3) is 0 Å². The summed E-state index contributed by atoms with van der Waals surface area (Å²) >= 11 is 4.89. The van der Waals surface area contributed by atoms with E-state index in [1.54, 1.807) is 18.2 Å². The van der Waals surface area contributed by atoms with Crippen LogP contribution in [0.1, 0.15) is 11.7 Å². The van der Waals surface area contributed by atoms with E-state index in [2.05, 4.69) is 15.9 Å². The monoisotopic (exact) mass is 326 g/mol. The molecule has 0 aliphatic carbocycles. The minimum atomic E-state index is -0.796. The summed E-state index contributed by atoms with van der Waals surface area (Å²) in [4.78, 5) is 1.04. The number of hydrogen-bond acceptors (Lipinski definition) is 2. The molecule has 0 saturated carbocycles. The number of rotatable bonds is 4. The quantitative estimate of drug-likeness (QED) is 0.839. The molecule has 0 aromatic heterocycles. The van der Waals surface area contributed by atoms with Gasteiger partial charge < -0.3 is 5.11 Å². The maximum Gasteiger partial charge on any atom is 0.129 e. The van der Waals surface area contributed by atoms with E-state index in [0.29, 0.717) is 11.3 Å². The first-order valence-electron chi connectivity index (χ1n) is 5.47. The van der Waals surface area contributed by atoms with Crippen LogP contribution in [0.2, 0.25) is 0 Å². The molecule has 4 heteroatoms. The summed E-state index contributed by atoms with van der Waals surface area (Å²) < 4.78 is 14.4. The largest absolute Gasteiger partial charge is 0.387 e. The van der Waals surface area contributed by atoms with Crippen molar-refractivity contribution in [1.82, 2.24) is 0 Å². The van der Waals surface area contributed by atoms with E-state index in [1.165, 1.54) is 17.8 Å². The third kappa shape index (κ3) is 3.57. The lowest BCUT2D eigenvalue weighted by Crippen LogP contribution is -2.03. The van der Waals surface area contributed by atoms with Gasteiger partial charge in [0.2, 0.25) is 0 Å². The highest BCUT2D eigenvalue weighted by Crippen LogP contribution is 2.27. The summed E-state index contributed by atoms with van der Waals surface area (Å²) in [6.07, 6.45) is -0.796. The van der Waals surface area contributed by atoms with E-state index in [-0.39, 0.29) is 5.82 Å². The Labute approximate surface area is 118 Å². The van der Waals surface area contributed by atoms with Crippen molar-refractivity contribution < 1.29 is 9.50 Å². The van der Waals surface area contributed by atoms with Crippen molar-refractivity contribution in [3.8, 4) is 0 Å². The third-order valence-electron chi connectivity index (χ3n) is 2.47. The molecule has 1 nitrogen and oxygen atoms in total. The molecule has 2 aromatic rings. The first-order chi connectivity index (χ1) is 8.66. The Hall–Kier alpha value is -0.840. The number of aliphatic hydroxyl groups is 1. The second-order valence-electron chi connectivity index (χ2n) is 3.81. The van der Waals surface area contributed by atoms with Crippen molar-refractivity contribution in [2.75, 3.05) is 5.75 Å². The number of aliphatic hydroxyl groups excluding tert-OH is 1. The molecule has 18 heavy (non-hydrogen) atoms. The van der Waals surface area contributed by atoms with Crippen molar-refractivity contribution in [2.45, 2.75) is 11.0 Å². The van der Waals surface area contributed by atoms with Gasteiger partial charge >= 0.3 is 0 Å². The SMILES string of the molecule is OC(CSc1cccc(Br)c1)c1ccccc1F. The minimum Gasteiger partial charge on any atom is -0.387 e. The van der Waals surface area contributed by atoms with Gasteiger partial charge in [0.05, 0.1) is 6.10 Å². The van der Waals surface area contributed by atoms with E-state index in [1.807, 2.05) is 24.3 Å². The van der Waals surface area contributed by atoms with E-state index in [4.69, 9.17) is 0 Å². The Morgan fingerprint density at radius 3 is 2.67 bits per heavy atom. The second kappa shape index (κ2) is 6.36. The minimum absolute atomic E-state index is 0.347. The van der Waals surface area contributed by atoms with E-state index in [0.717, 1.165) is 9.37 Å². The predicted molar refractivity (Wildman–Crippen MR) is 76.2 cm³/mol. The van der Waals surface area contributed by atoms with E-state index < -0.39 is 6.10 Å². The maximum absolute atomic E-state index is 13.5. The maximum atomic E-state index is 13.5. The molecule has 0 saturated heterocycles. The van der Waals surface area contributed by atoms with Gasteiger partial charge in [0.15, 0.2) is 0 Å². The molecule has 1 atom stereocenters. The fraction of sp³-hybridized carbons (Fsp3) is 0.143. The normalized spacial score (nSPS) is 12.4. The van der Waals surface area contributed by atoms with Gasteiger partial charge in [0.25, 0.3) is 0 Å². The summed E-state index contributed by atoms with van der Waals surface area (Å²) in [5.74, 6) is 0.0667. The molecule has 0 bridgehead atoms. The zero-order valence-corrected chi connectivity index (χ0v) is 11.9. The lowest BCUT2D eigenvalue weighted by Gasteiger charge is -2.11. The van der Waals surface area contributed by atoms with Crippen LogP contribution in [0, 0.1) is 5.82 Å². The number of benzene rings is 2. The molecule has 2 aromatic carbocycles. The average Bonchev–Trinajstić information content (AvgIpc) is 2.37. The molecule has 2 rings (SSSR count). The number of thioether (sulfide) groups is 1. The molecule has 1 N–H and O–H groups in total. The molecule has 94 valence electrons. The van der Waals surface area contributed by atoms with Crippen LogP contribution in [0.5, 0.6) is 0 Å². The van der Waals surface area contributed by atoms with Crippen molar-refractivity contribution in [2.24, 2.45) is 0 Å². The van der Waals surface area contributed by atoms with Gasteiger partial charge in [-0.2, -0.15) is 0 Å². The highest BCUT2D eigenvalue weighted by atomic mass is 79.9. The van der Waals surface area contributed by atoms with E-state index >= 15 is 0 Å². The summed E-state index contributed by atoms with van der Waals surface area (Å²) in [6, 6.07) is 14.1. The van der Waals surface area contributed by atoms with Crippen molar-refractivity contribution in [3.05, 3.63) is 64.4 Å². The van der Waals surface area contributed by atoms with Gasteiger partial charge in [-0.05, 0) is 24.3 Å². The molecule has 0 amide bonds. The summed E-state index contributed by atoms with van der Waals surface area (Å²) in [7, 11) is 0. The van der Waals surface area contributed by atoms with Crippen molar-refractivity contribution in [1.29, 1.82) is 0 Å². The molecular weight excluding hydrogens is 315 g/mol. The Morgan fingerprint density at radius 2 is 1.94 bits per heavy atom. The fourth-order valence-electron chi connectivity index (χ4n) is 1.57. The van der Waals surface area contributed by atoms with Crippen LogP contribution in [0.3, 0.4) is 0 Å². The zero-order valence-electron chi connectivity index (χ0n) is 9.51. The van der Waals surface area contributed by atoms with Crippen LogP contribution in [-0.4, -0.2) is 10.9 Å².